The Kier molecular flexibility index (Phi) is 3.99. The van der Waals surface area contributed by atoms with Crippen molar-refractivity contribution in [2.45, 2.75) is 19.9 Å². The molecule has 1 aromatic heterocycles. The zero-order valence-corrected chi connectivity index (χ0v) is 11.2. The third kappa shape index (κ3) is 3.12. The maximum atomic E-state index is 13.4. The van der Waals surface area contributed by atoms with E-state index in [1.165, 1.54) is 10.6 Å². The van der Waals surface area contributed by atoms with Crippen molar-refractivity contribution in [2.75, 3.05) is 0 Å². The highest BCUT2D eigenvalue weighted by molar-refractivity contribution is 5.42. The lowest BCUT2D eigenvalue weighted by Gasteiger charge is -2.08. The van der Waals surface area contributed by atoms with Gasteiger partial charge in [-0.3, -0.25) is 4.79 Å². The molecule has 1 heterocycles. The summed E-state index contributed by atoms with van der Waals surface area (Å²) in [4.78, 5) is 11.6. The van der Waals surface area contributed by atoms with Gasteiger partial charge in [0.25, 0.3) is 5.56 Å². The summed E-state index contributed by atoms with van der Waals surface area (Å²) in [5.74, 6) is 4.20. The Hall–Kier alpha value is -2.41. The SMILES string of the molecule is CC(C)n1cc(C#Cc2cc(F)ccc2F)ccc1=O. The van der Waals surface area contributed by atoms with E-state index in [1.807, 2.05) is 13.8 Å². The normalized spacial score (nSPS) is 10.2. The predicted molar refractivity (Wildman–Crippen MR) is 73.4 cm³/mol. The summed E-state index contributed by atoms with van der Waals surface area (Å²) in [6.45, 7) is 3.76. The van der Waals surface area contributed by atoms with Crippen molar-refractivity contribution < 1.29 is 8.78 Å². The Morgan fingerprint density at radius 2 is 1.85 bits per heavy atom. The first kappa shape index (κ1) is 14.0. The average Bonchev–Trinajstić information content (AvgIpc) is 2.41. The van der Waals surface area contributed by atoms with E-state index in [-0.39, 0.29) is 17.2 Å². The zero-order valence-electron chi connectivity index (χ0n) is 11.2. The second-order valence-corrected chi connectivity index (χ2v) is 4.63. The van der Waals surface area contributed by atoms with E-state index in [0.29, 0.717) is 5.56 Å². The fourth-order valence-corrected chi connectivity index (χ4v) is 1.71. The van der Waals surface area contributed by atoms with Gasteiger partial charge in [-0.2, -0.15) is 0 Å². The molecule has 2 aromatic rings. The maximum Gasteiger partial charge on any atom is 0.250 e. The first-order chi connectivity index (χ1) is 9.47. The Balaban J connectivity index is 2.41. The van der Waals surface area contributed by atoms with Gasteiger partial charge in [0.05, 0.1) is 5.56 Å². The minimum atomic E-state index is -0.573. The molecule has 0 amide bonds. The number of nitrogens with zero attached hydrogens (tertiary/aromatic N) is 1. The predicted octanol–water partition coefficient (Wildman–Crippen LogP) is 3.11. The van der Waals surface area contributed by atoms with Crippen LogP contribution >= 0.6 is 0 Å². The van der Waals surface area contributed by atoms with Crippen LogP contribution in [0.2, 0.25) is 0 Å². The molecule has 0 atom stereocenters. The zero-order chi connectivity index (χ0) is 14.7. The van der Waals surface area contributed by atoms with Gasteiger partial charge in [0.1, 0.15) is 11.6 Å². The number of pyridine rings is 1. The van der Waals surface area contributed by atoms with Gasteiger partial charge in [0.2, 0.25) is 0 Å². The fraction of sp³-hybridized carbons (Fsp3) is 0.188. The van der Waals surface area contributed by atoms with Gasteiger partial charge in [0.15, 0.2) is 0 Å². The summed E-state index contributed by atoms with van der Waals surface area (Å²) < 4.78 is 28.0. The van der Waals surface area contributed by atoms with Crippen molar-refractivity contribution in [3.8, 4) is 11.8 Å². The van der Waals surface area contributed by atoms with Crippen LogP contribution in [0.5, 0.6) is 0 Å². The van der Waals surface area contributed by atoms with E-state index in [9.17, 15) is 13.6 Å². The van der Waals surface area contributed by atoms with Gasteiger partial charge in [-0.25, -0.2) is 8.78 Å². The molecule has 0 aliphatic carbocycles. The summed E-state index contributed by atoms with van der Waals surface area (Å²) in [6.07, 6.45) is 1.61. The standard InChI is InChI=1S/C16H13F2NO/c1-11(2)19-10-12(4-8-16(19)20)3-5-13-9-14(17)6-7-15(13)18/h4,6-11H,1-2H3. The molecule has 0 bridgehead atoms. The van der Waals surface area contributed by atoms with Gasteiger partial charge in [-0.1, -0.05) is 11.8 Å². The Labute approximate surface area is 115 Å². The maximum absolute atomic E-state index is 13.4. The van der Waals surface area contributed by atoms with Gasteiger partial charge in [0, 0.05) is 23.9 Å². The number of hydrogen-bond donors (Lipinski definition) is 0. The third-order valence-electron chi connectivity index (χ3n) is 2.76. The highest BCUT2D eigenvalue weighted by atomic mass is 19.1. The largest absolute Gasteiger partial charge is 0.312 e. The summed E-state index contributed by atoms with van der Waals surface area (Å²) in [7, 11) is 0. The lowest BCUT2D eigenvalue weighted by atomic mass is 10.2. The van der Waals surface area contributed by atoms with Crippen LogP contribution in [-0.2, 0) is 0 Å². The topological polar surface area (TPSA) is 22.0 Å². The van der Waals surface area contributed by atoms with Crippen molar-refractivity contribution in [2.24, 2.45) is 0 Å². The van der Waals surface area contributed by atoms with Crippen LogP contribution in [0, 0.1) is 23.5 Å². The molecule has 0 aliphatic heterocycles. The highest BCUT2D eigenvalue weighted by Crippen LogP contribution is 2.08. The van der Waals surface area contributed by atoms with Crippen LogP contribution in [0.15, 0.2) is 41.3 Å². The van der Waals surface area contributed by atoms with Crippen LogP contribution in [0.3, 0.4) is 0 Å². The lowest BCUT2D eigenvalue weighted by Crippen LogP contribution is -2.20. The number of rotatable bonds is 1. The monoisotopic (exact) mass is 273 g/mol. The van der Waals surface area contributed by atoms with E-state index >= 15 is 0 Å². The molecule has 0 radical (unpaired) electrons. The first-order valence-electron chi connectivity index (χ1n) is 6.16. The van der Waals surface area contributed by atoms with Crippen molar-refractivity contribution in [3.63, 3.8) is 0 Å². The Morgan fingerprint density at radius 3 is 2.55 bits per heavy atom. The summed E-state index contributed by atoms with van der Waals surface area (Å²) in [5, 5.41) is 0. The first-order valence-corrected chi connectivity index (χ1v) is 6.16. The van der Waals surface area contributed by atoms with E-state index < -0.39 is 11.6 Å². The molecular formula is C16H13F2NO. The van der Waals surface area contributed by atoms with E-state index in [0.717, 1.165) is 18.2 Å². The minimum absolute atomic E-state index is 0.00713. The van der Waals surface area contributed by atoms with E-state index in [1.54, 1.807) is 12.3 Å². The number of hydrogen-bond acceptors (Lipinski definition) is 1. The molecule has 0 spiro atoms. The molecule has 0 aliphatic rings. The molecule has 20 heavy (non-hydrogen) atoms. The molecule has 0 unspecified atom stereocenters. The van der Waals surface area contributed by atoms with Crippen LogP contribution < -0.4 is 5.56 Å². The van der Waals surface area contributed by atoms with Crippen LogP contribution in [-0.4, -0.2) is 4.57 Å². The number of benzene rings is 1. The van der Waals surface area contributed by atoms with Gasteiger partial charge in [-0.15, -0.1) is 0 Å². The van der Waals surface area contributed by atoms with E-state index in [4.69, 9.17) is 0 Å². The molecule has 0 fully saturated rings. The van der Waals surface area contributed by atoms with Gasteiger partial charge in [-0.05, 0) is 38.1 Å². The average molecular weight is 273 g/mol. The lowest BCUT2D eigenvalue weighted by molar-refractivity contribution is 0.577. The molecule has 102 valence electrons. The van der Waals surface area contributed by atoms with Crippen LogP contribution in [0.25, 0.3) is 0 Å². The van der Waals surface area contributed by atoms with Crippen molar-refractivity contribution in [3.05, 3.63) is 69.6 Å². The fourth-order valence-electron chi connectivity index (χ4n) is 1.71. The summed E-state index contributed by atoms with van der Waals surface area (Å²) in [6, 6.07) is 6.10. The Bertz CT molecular complexity index is 751. The molecule has 4 heteroatoms. The summed E-state index contributed by atoms with van der Waals surface area (Å²) in [5.41, 5.74) is 0.441. The molecule has 0 saturated heterocycles. The molecule has 2 rings (SSSR count). The Morgan fingerprint density at radius 1 is 1.10 bits per heavy atom. The van der Waals surface area contributed by atoms with Crippen LogP contribution in [0.4, 0.5) is 8.78 Å². The molecule has 2 nitrogen and oxygen atoms in total. The number of aromatic nitrogens is 1. The van der Waals surface area contributed by atoms with Crippen molar-refractivity contribution in [1.29, 1.82) is 0 Å². The molecule has 0 saturated carbocycles. The van der Waals surface area contributed by atoms with Gasteiger partial charge >= 0.3 is 0 Å². The van der Waals surface area contributed by atoms with Crippen LogP contribution in [0.1, 0.15) is 31.0 Å². The number of halogens is 2. The minimum Gasteiger partial charge on any atom is -0.312 e. The second kappa shape index (κ2) is 5.70. The highest BCUT2D eigenvalue weighted by Gasteiger charge is 2.02. The summed E-state index contributed by atoms with van der Waals surface area (Å²) >= 11 is 0. The van der Waals surface area contributed by atoms with Crippen molar-refractivity contribution in [1.82, 2.24) is 4.57 Å². The third-order valence-corrected chi connectivity index (χ3v) is 2.76. The van der Waals surface area contributed by atoms with E-state index in [2.05, 4.69) is 11.8 Å². The van der Waals surface area contributed by atoms with Crippen molar-refractivity contribution >= 4 is 0 Å². The quantitative estimate of drug-likeness (QED) is 0.732. The molecule has 0 N–H and O–H groups in total. The van der Waals surface area contributed by atoms with Gasteiger partial charge < -0.3 is 4.57 Å². The molecular weight excluding hydrogens is 260 g/mol. The smallest absolute Gasteiger partial charge is 0.250 e. The molecule has 1 aromatic carbocycles. The second-order valence-electron chi connectivity index (χ2n) is 4.63.